The number of benzene rings is 2. The summed E-state index contributed by atoms with van der Waals surface area (Å²) >= 11 is 0. The molecule has 320 valence electrons. The summed E-state index contributed by atoms with van der Waals surface area (Å²) in [5, 5.41) is 11.2. The first-order valence-corrected chi connectivity index (χ1v) is 21.0. The molecule has 2 aromatic rings. The van der Waals surface area contributed by atoms with Crippen molar-refractivity contribution < 1.29 is 38.1 Å². The van der Waals surface area contributed by atoms with Crippen molar-refractivity contribution in [2.24, 2.45) is 10.8 Å². The van der Waals surface area contributed by atoms with Gasteiger partial charge in [0, 0.05) is 41.3 Å². The van der Waals surface area contributed by atoms with Gasteiger partial charge in [-0.2, -0.15) is 0 Å². The Bertz CT molecular complexity index is 1880. The largest absolute Gasteiger partial charge is 0.458 e. The number of hydrogen-bond donors (Lipinski definition) is 3. The quantitative estimate of drug-likeness (QED) is 0.175. The highest BCUT2D eigenvalue weighted by Crippen LogP contribution is 2.50. The van der Waals surface area contributed by atoms with Gasteiger partial charge >= 0.3 is 23.9 Å². The van der Waals surface area contributed by atoms with Crippen molar-refractivity contribution in [1.82, 2.24) is 16.0 Å². The van der Waals surface area contributed by atoms with Gasteiger partial charge in [0.1, 0.15) is 24.4 Å². The van der Waals surface area contributed by atoms with Crippen LogP contribution in [0.4, 0.5) is 0 Å². The molecule has 3 heterocycles. The van der Waals surface area contributed by atoms with Crippen LogP contribution in [0, 0.1) is 10.8 Å². The number of ether oxygens (including phenoxy) is 4. The Morgan fingerprint density at radius 2 is 0.759 bits per heavy atom. The molecule has 4 atom stereocenters. The molecular formula is C47H69N3O8. The van der Waals surface area contributed by atoms with Crippen LogP contribution < -0.4 is 16.0 Å². The lowest BCUT2D eigenvalue weighted by atomic mass is 9.84. The van der Waals surface area contributed by atoms with Crippen LogP contribution in [0.25, 0.3) is 10.8 Å². The van der Waals surface area contributed by atoms with E-state index in [1.54, 1.807) is 12.1 Å². The first-order valence-electron chi connectivity index (χ1n) is 21.0. The van der Waals surface area contributed by atoms with E-state index in [2.05, 4.69) is 85.2 Å². The number of nitrogens with one attached hydrogen (secondary N) is 3. The fourth-order valence-corrected chi connectivity index (χ4v) is 10.9. The molecule has 2 aromatic carbocycles. The van der Waals surface area contributed by atoms with E-state index in [1.807, 2.05) is 41.5 Å². The summed E-state index contributed by atoms with van der Waals surface area (Å²) in [5.41, 5.74) is -2.55. The molecule has 0 bridgehead atoms. The van der Waals surface area contributed by atoms with Crippen LogP contribution in [-0.4, -0.2) is 81.5 Å². The first-order chi connectivity index (χ1) is 26.2. The zero-order valence-electron chi connectivity index (χ0n) is 37.9. The van der Waals surface area contributed by atoms with E-state index in [0.717, 1.165) is 6.42 Å². The third-order valence-corrected chi connectivity index (χ3v) is 13.0. The SMILES string of the molecule is CC1(C)CC(OC(=O)c2cc(C(=O)OC3CC(C)(C)NC3(C)C)cc3c(C(=O)OC4CC(C)(C)NC4(C)C)cc(C(=O)OC4CC(C)(C)NC4(C)C)cc23)C(C)(C)C1. The summed E-state index contributed by atoms with van der Waals surface area (Å²) in [6.45, 7) is 32.8. The maximum absolute atomic E-state index is 14.6. The fraction of sp³-hybridized carbons (Fsp3) is 0.702. The van der Waals surface area contributed by atoms with Crippen LogP contribution in [-0.2, 0) is 18.9 Å². The van der Waals surface area contributed by atoms with Crippen LogP contribution in [0.2, 0.25) is 0 Å². The molecule has 3 N–H and O–H groups in total. The lowest BCUT2D eigenvalue weighted by Crippen LogP contribution is -2.47. The van der Waals surface area contributed by atoms with Crippen LogP contribution in [0.15, 0.2) is 24.3 Å². The summed E-state index contributed by atoms with van der Waals surface area (Å²) in [6.07, 6.45) is 1.35. The number of carbonyl (C=O) groups is 4. The summed E-state index contributed by atoms with van der Waals surface area (Å²) in [7, 11) is 0. The topological polar surface area (TPSA) is 141 Å². The van der Waals surface area contributed by atoms with E-state index in [0.29, 0.717) is 25.7 Å². The van der Waals surface area contributed by atoms with E-state index in [1.165, 1.54) is 12.1 Å². The Kier molecular flexibility index (Phi) is 10.6. The highest BCUT2D eigenvalue weighted by atomic mass is 16.6. The fourth-order valence-electron chi connectivity index (χ4n) is 10.9. The van der Waals surface area contributed by atoms with Gasteiger partial charge in [-0.1, -0.05) is 27.7 Å². The number of esters is 4. The maximum Gasteiger partial charge on any atom is 0.339 e. The maximum atomic E-state index is 14.6. The molecule has 3 saturated heterocycles. The third-order valence-electron chi connectivity index (χ3n) is 13.0. The third kappa shape index (κ3) is 8.97. The van der Waals surface area contributed by atoms with Crippen molar-refractivity contribution >= 4 is 34.6 Å². The van der Waals surface area contributed by atoms with Gasteiger partial charge in [0.2, 0.25) is 0 Å². The molecule has 4 aliphatic rings. The van der Waals surface area contributed by atoms with Crippen LogP contribution in [0.1, 0.15) is 184 Å². The zero-order chi connectivity index (χ0) is 43.4. The van der Waals surface area contributed by atoms with E-state index >= 15 is 0 Å². The van der Waals surface area contributed by atoms with E-state index in [9.17, 15) is 19.2 Å². The number of rotatable bonds is 8. The Hall–Kier alpha value is -3.54. The predicted molar refractivity (Wildman–Crippen MR) is 225 cm³/mol. The summed E-state index contributed by atoms with van der Waals surface area (Å²) in [4.78, 5) is 57.7. The molecule has 4 fully saturated rings. The van der Waals surface area contributed by atoms with Gasteiger partial charge in [0.05, 0.1) is 38.9 Å². The van der Waals surface area contributed by atoms with E-state index in [4.69, 9.17) is 18.9 Å². The van der Waals surface area contributed by atoms with Gasteiger partial charge in [-0.3, -0.25) is 0 Å². The lowest BCUT2D eigenvalue weighted by molar-refractivity contribution is 0.00404. The minimum absolute atomic E-state index is 0.0316. The van der Waals surface area contributed by atoms with Gasteiger partial charge in [0.25, 0.3) is 0 Å². The van der Waals surface area contributed by atoms with Crippen molar-refractivity contribution in [3.05, 3.63) is 46.5 Å². The molecule has 0 spiro atoms. The Balaban J connectivity index is 1.50. The van der Waals surface area contributed by atoms with Crippen LogP contribution in [0.5, 0.6) is 0 Å². The molecular weight excluding hydrogens is 735 g/mol. The number of hydrogen-bond acceptors (Lipinski definition) is 11. The molecule has 3 aliphatic heterocycles. The second-order valence-electron chi connectivity index (χ2n) is 23.1. The minimum Gasteiger partial charge on any atom is -0.458 e. The molecule has 0 aromatic heterocycles. The molecule has 4 unspecified atom stereocenters. The highest BCUT2D eigenvalue weighted by molar-refractivity contribution is 6.15. The van der Waals surface area contributed by atoms with Gasteiger partial charge in [-0.25, -0.2) is 19.2 Å². The standard InChI is InChI=1S/C47H69N3O8/c1-40(2)21-32(41(3,4)25-40)55-38(53)30-19-26(36(51)56-33-22-42(5,6)48-45(33,11)12)18-29-28(30)17-27(37(52)57-34-23-43(7,8)49-46(34,13)14)20-31(29)39(54)58-35-24-44(9,10)50-47(35,15)16/h17-20,32-35,48-50H,21-25H2,1-16H3. The van der Waals surface area contributed by atoms with Gasteiger partial charge in [-0.15, -0.1) is 0 Å². The Morgan fingerprint density at radius 3 is 1.03 bits per heavy atom. The molecule has 6 rings (SSSR count). The first kappa shape index (κ1) is 44.0. The molecule has 58 heavy (non-hydrogen) atoms. The van der Waals surface area contributed by atoms with Crippen molar-refractivity contribution in [1.29, 1.82) is 0 Å². The summed E-state index contributed by atoms with van der Waals surface area (Å²) < 4.78 is 25.0. The van der Waals surface area contributed by atoms with Crippen LogP contribution in [0.3, 0.4) is 0 Å². The summed E-state index contributed by atoms with van der Waals surface area (Å²) in [5.74, 6) is -2.62. The zero-order valence-corrected chi connectivity index (χ0v) is 37.9. The second-order valence-corrected chi connectivity index (χ2v) is 23.1. The average molecular weight is 804 g/mol. The van der Waals surface area contributed by atoms with Crippen molar-refractivity contribution in [2.45, 2.75) is 201 Å². The number of carbonyl (C=O) groups excluding carboxylic acids is 4. The van der Waals surface area contributed by atoms with Crippen molar-refractivity contribution in [3.8, 4) is 0 Å². The van der Waals surface area contributed by atoms with E-state index in [-0.39, 0.29) is 60.5 Å². The van der Waals surface area contributed by atoms with Crippen molar-refractivity contribution in [2.75, 3.05) is 0 Å². The predicted octanol–water partition coefficient (Wildman–Crippen LogP) is 8.44. The normalized spacial score (nSPS) is 29.2. The smallest absolute Gasteiger partial charge is 0.339 e. The van der Waals surface area contributed by atoms with Gasteiger partial charge in [0.15, 0.2) is 0 Å². The van der Waals surface area contributed by atoms with Crippen molar-refractivity contribution in [3.63, 3.8) is 0 Å². The monoisotopic (exact) mass is 804 g/mol. The van der Waals surface area contributed by atoms with Gasteiger partial charge < -0.3 is 34.9 Å². The number of fused-ring (bicyclic) bond motifs is 1. The molecule has 0 amide bonds. The summed E-state index contributed by atoms with van der Waals surface area (Å²) in [6, 6.07) is 6.08. The highest BCUT2D eigenvalue weighted by Gasteiger charge is 2.50. The average Bonchev–Trinajstić information content (AvgIpc) is 3.57. The molecule has 11 heteroatoms. The molecule has 1 aliphatic carbocycles. The van der Waals surface area contributed by atoms with E-state index < -0.39 is 64.9 Å². The minimum atomic E-state index is -0.687. The Morgan fingerprint density at radius 1 is 0.448 bits per heavy atom. The lowest BCUT2D eigenvalue weighted by Gasteiger charge is -2.29. The molecule has 0 radical (unpaired) electrons. The van der Waals surface area contributed by atoms with Gasteiger partial charge in [-0.05, 0) is 136 Å². The van der Waals surface area contributed by atoms with Crippen LogP contribution >= 0.6 is 0 Å². The molecule has 11 nitrogen and oxygen atoms in total. The molecule has 1 saturated carbocycles. The Labute approximate surface area is 345 Å². The second kappa shape index (κ2) is 14.0.